The topological polar surface area (TPSA) is 67.6 Å². The van der Waals surface area contributed by atoms with Gasteiger partial charge in [0.25, 0.3) is 5.89 Å². The highest BCUT2D eigenvalue weighted by molar-refractivity contribution is 7.98. The minimum absolute atomic E-state index is 0.427. The van der Waals surface area contributed by atoms with Gasteiger partial charge in [-0.25, -0.2) is 4.98 Å². The first-order chi connectivity index (χ1) is 11.7. The number of hydrogen-bond acceptors (Lipinski definition) is 5. The fourth-order valence-electron chi connectivity index (χ4n) is 2.36. The average Bonchev–Trinajstić information content (AvgIpc) is 3.19. The molecule has 0 bridgehead atoms. The van der Waals surface area contributed by atoms with Crippen molar-refractivity contribution >= 4 is 34.4 Å². The number of nitrogens with zero attached hydrogens (tertiary/aromatic N) is 3. The molecule has 2 aromatic heterocycles. The van der Waals surface area contributed by atoms with Crippen LogP contribution in [-0.4, -0.2) is 20.1 Å². The summed E-state index contributed by atoms with van der Waals surface area (Å²) in [6.45, 7) is 2.06. The van der Waals surface area contributed by atoms with Crippen LogP contribution in [0, 0.1) is 6.92 Å². The maximum Gasteiger partial charge on any atom is 0.259 e. The highest BCUT2D eigenvalue weighted by atomic mass is 35.5. The zero-order valence-electron chi connectivity index (χ0n) is 12.8. The molecule has 0 radical (unpaired) electrons. The molecule has 0 unspecified atom stereocenters. The van der Waals surface area contributed by atoms with Crippen LogP contribution in [-0.2, 0) is 5.75 Å². The molecule has 0 atom stereocenters. The second-order valence-corrected chi connectivity index (χ2v) is 6.72. The highest BCUT2D eigenvalue weighted by Crippen LogP contribution is 2.27. The molecule has 0 saturated carbocycles. The summed E-state index contributed by atoms with van der Waals surface area (Å²) in [5, 5.41) is 5.43. The number of fused-ring (bicyclic) bond motifs is 1. The SMILES string of the molecule is Cc1ccc2nc(SCc3noc(-c4ccccc4Cl)n3)[nH]c2c1. The van der Waals surface area contributed by atoms with Crippen molar-refractivity contribution in [2.45, 2.75) is 17.8 Å². The molecule has 0 aliphatic rings. The van der Waals surface area contributed by atoms with E-state index in [1.165, 1.54) is 17.3 Å². The zero-order valence-corrected chi connectivity index (χ0v) is 14.4. The lowest BCUT2D eigenvalue weighted by atomic mass is 10.2. The van der Waals surface area contributed by atoms with Gasteiger partial charge < -0.3 is 9.51 Å². The third-order valence-electron chi connectivity index (χ3n) is 3.53. The normalized spacial score (nSPS) is 11.2. The monoisotopic (exact) mass is 356 g/mol. The van der Waals surface area contributed by atoms with E-state index in [1.54, 1.807) is 6.07 Å². The Morgan fingerprint density at radius 3 is 2.92 bits per heavy atom. The molecule has 1 N–H and O–H groups in total. The van der Waals surface area contributed by atoms with E-state index in [2.05, 4.69) is 33.1 Å². The van der Waals surface area contributed by atoms with Crippen LogP contribution < -0.4 is 0 Å². The predicted molar refractivity (Wildman–Crippen MR) is 95.1 cm³/mol. The number of nitrogens with one attached hydrogen (secondary N) is 1. The Labute approximate surface area is 147 Å². The number of hydrogen-bond donors (Lipinski definition) is 1. The van der Waals surface area contributed by atoms with Gasteiger partial charge in [0.05, 0.1) is 27.4 Å². The van der Waals surface area contributed by atoms with Crippen molar-refractivity contribution in [2.75, 3.05) is 0 Å². The molecule has 0 aliphatic carbocycles. The Morgan fingerprint density at radius 1 is 1.17 bits per heavy atom. The van der Waals surface area contributed by atoms with Gasteiger partial charge in [0, 0.05) is 0 Å². The van der Waals surface area contributed by atoms with E-state index in [9.17, 15) is 0 Å². The van der Waals surface area contributed by atoms with Gasteiger partial charge in [-0.15, -0.1) is 0 Å². The summed E-state index contributed by atoms with van der Waals surface area (Å²) >= 11 is 7.68. The van der Waals surface area contributed by atoms with Crippen molar-refractivity contribution in [3.05, 3.63) is 58.9 Å². The van der Waals surface area contributed by atoms with Gasteiger partial charge in [-0.1, -0.05) is 46.7 Å². The Hall–Kier alpha value is -2.31. The van der Waals surface area contributed by atoms with Crippen LogP contribution >= 0.6 is 23.4 Å². The van der Waals surface area contributed by atoms with Crippen LogP contribution in [0.3, 0.4) is 0 Å². The minimum atomic E-state index is 0.427. The Kier molecular flexibility index (Phi) is 4.00. The highest BCUT2D eigenvalue weighted by Gasteiger charge is 2.12. The van der Waals surface area contributed by atoms with E-state index in [1.807, 2.05) is 30.3 Å². The van der Waals surface area contributed by atoms with Gasteiger partial charge in [0.15, 0.2) is 11.0 Å². The lowest BCUT2D eigenvalue weighted by molar-refractivity contribution is 0.425. The number of aromatic nitrogens is 4. The van der Waals surface area contributed by atoms with Crippen LogP contribution in [0.4, 0.5) is 0 Å². The molecule has 0 saturated heterocycles. The number of benzene rings is 2. The molecule has 2 aromatic carbocycles. The fourth-order valence-corrected chi connectivity index (χ4v) is 3.30. The minimum Gasteiger partial charge on any atom is -0.334 e. The average molecular weight is 357 g/mol. The molecule has 0 aliphatic heterocycles. The maximum absolute atomic E-state index is 6.15. The van der Waals surface area contributed by atoms with E-state index >= 15 is 0 Å². The van der Waals surface area contributed by atoms with Crippen LogP contribution in [0.5, 0.6) is 0 Å². The molecule has 2 heterocycles. The first-order valence-electron chi connectivity index (χ1n) is 7.36. The van der Waals surface area contributed by atoms with Crippen LogP contribution in [0.2, 0.25) is 5.02 Å². The van der Waals surface area contributed by atoms with Gasteiger partial charge in [-0.05, 0) is 36.8 Å². The summed E-state index contributed by atoms with van der Waals surface area (Å²) in [7, 11) is 0. The molecule has 0 spiro atoms. The van der Waals surface area contributed by atoms with Gasteiger partial charge in [0.2, 0.25) is 0 Å². The molecule has 4 rings (SSSR count). The Balaban J connectivity index is 1.50. The van der Waals surface area contributed by atoms with Gasteiger partial charge in [-0.3, -0.25) is 0 Å². The fraction of sp³-hybridized carbons (Fsp3) is 0.118. The molecule has 24 heavy (non-hydrogen) atoms. The molecule has 0 fully saturated rings. The number of halogens is 1. The van der Waals surface area contributed by atoms with Crippen LogP contribution in [0.1, 0.15) is 11.4 Å². The molecule has 0 amide bonds. The van der Waals surface area contributed by atoms with Crippen molar-refractivity contribution in [3.63, 3.8) is 0 Å². The summed E-state index contributed by atoms with van der Waals surface area (Å²) in [6, 6.07) is 13.5. The van der Waals surface area contributed by atoms with Gasteiger partial charge in [0.1, 0.15) is 0 Å². The summed E-state index contributed by atoms with van der Waals surface area (Å²) < 4.78 is 5.31. The number of aryl methyl sites for hydroxylation is 1. The molecule has 4 aromatic rings. The molecule has 5 nitrogen and oxygen atoms in total. The third-order valence-corrected chi connectivity index (χ3v) is 4.72. The van der Waals surface area contributed by atoms with E-state index < -0.39 is 0 Å². The van der Waals surface area contributed by atoms with E-state index in [0.29, 0.717) is 22.5 Å². The second-order valence-electron chi connectivity index (χ2n) is 5.35. The molecular formula is C17H13ClN4OS. The number of aromatic amines is 1. The lowest BCUT2D eigenvalue weighted by Gasteiger charge is -1.95. The quantitative estimate of drug-likeness (QED) is 0.528. The van der Waals surface area contributed by atoms with Crippen molar-refractivity contribution in [1.29, 1.82) is 0 Å². The number of rotatable bonds is 4. The Morgan fingerprint density at radius 2 is 2.04 bits per heavy atom. The van der Waals surface area contributed by atoms with Gasteiger partial charge in [-0.2, -0.15) is 4.98 Å². The summed E-state index contributed by atoms with van der Waals surface area (Å²) in [5.41, 5.74) is 3.92. The smallest absolute Gasteiger partial charge is 0.259 e. The summed E-state index contributed by atoms with van der Waals surface area (Å²) in [5.74, 6) is 1.59. The van der Waals surface area contributed by atoms with E-state index in [-0.39, 0.29) is 0 Å². The maximum atomic E-state index is 6.15. The van der Waals surface area contributed by atoms with Crippen molar-refractivity contribution < 1.29 is 4.52 Å². The standard InChI is InChI=1S/C17H13ClN4OS/c1-10-6-7-13-14(8-10)20-17(19-13)24-9-15-21-16(23-22-15)11-4-2-3-5-12(11)18/h2-8H,9H2,1H3,(H,19,20). The van der Waals surface area contributed by atoms with E-state index in [4.69, 9.17) is 16.1 Å². The molecule has 7 heteroatoms. The summed E-state index contributed by atoms with van der Waals surface area (Å²) in [4.78, 5) is 12.2. The van der Waals surface area contributed by atoms with Crippen LogP contribution in [0.15, 0.2) is 52.1 Å². The van der Waals surface area contributed by atoms with Crippen molar-refractivity contribution in [3.8, 4) is 11.5 Å². The predicted octanol–water partition coefficient (Wildman–Crippen LogP) is 4.87. The van der Waals surface area contributed by atoms with Gasteiger partial charge >= 0.3 is 0 Å². The van der Waals surface area contributed by atoms with Crippen molar-refractivity contribution in [1.82, 2.24) is 20.1 Å². The molecular weight excluding hydrogens is 344 g/mol. The number of H-pyrrole nitrogens is 1. The second kappa shape index (κ2) is 6.30. The van der Waals surface area contributed by atoms with Crippen molar-refractivity contribution in [2.24, 2.45) is 0 Å². The largest absolute Gasteiger partial charge is 0.334 e. The van der Waals surface area contributed by atoms with Crippen LogP contribution in [0.25, 0.3) is 22.5 Å². The molecule has 120 valence electrons. The van der Waals surface area contributed by atoms with E-state index in [0.717, 1.165) is 21.8 Å². The number of imidazole rings is 1. The third kappa shape index (κ3) is 3.02. The Bertz CT molecular complexity index is 1010. The first-order valence-corrected chi connectivity index (χ1v) is 8.72. The lowest BCUT2D eigenvalue weighted by Crippen LogP contribution is -1.85. The zero-order chi connectivity index (χ0) is 16.5. The number of thioether (sulfide) groups is 1. The first kappa shape index (κ1) is 15.2. The summed E-state index contributed by atoms with van der Waals surface area (Å²) in [6.07, 6.45) is 0.